The number of hydrogen-bond acceptors (Lipinski definition) is 1. The molecule has 1 aliphatic rings. The van der Waals surface area contributed by atoms with Gasteiger partial charge in [-0.25, -0.2) is 4.39 Å². The molecule has 0 aromatic heterocycles. The molecule has 2 unspecified atom stereocenters. The number of rotatable bonds is 3. The van der Waals surface area contributed by atoms with Crippen LogP contribution >= 0.6 is 0 Å². The zero-order valence-electron chi connectivity index (χ0n) is 13.0. The topological polar surface area (TPSA) is 17.1 Å². The molecule has 0 spiro atoms. The highest BCUT2D eigenvalue weighted by Gasteiger charge is 2.38. The Morgan fingerprint density at radius 1 is 1.30 bits per heavy atom. The van der Waals surface area contributed by atoms with Crippen molar-refractivity contribution in [2.45, 2.75) is 53.4 Å². The van der Waals surface area contributed by atoms with Crippen LogP contribution in [-0.2, 0) is 11.2 Å². The molecule has 0 amide bonds. The van der Waals surface area contributed by atoms with Gasteiger partial charge in [0.15, 0.2) is 0 Å². The summed E-state index contributed by atoms with van der Waals surface area (Å²) in [5.74, 6) is 0.833. The fraction of sp³-hybridized carbons (Fsp3) is 0.611. The summed E-state index contributed by atoms with van der Waals surface area (Å²) in [7, 11) is 0. The van der Waals surface area contributed by atoms with Crippen molar-refractivity contribution in [2.75, 3.05) is 0 Å². The van der Waals surface area contributed by atoms with Crippen molar-refractivity contribution in [3.63, 3.8) is 0 Å². The van der Waals surface area contributed by atoms with E-state index in [0.717, 1.165) is 30.4 Å². The van der Waals surface area contributed by atoms with E-state index < -0.39 is 0 Å². The van der Waals surface area contributed by atoms with Gasteiger partial charge in [-0.3, -0.25) is 4.79 Å². The maximum absolute atomic E-state index is 13.4. The molecule has 0 radical (unpaired) electrons. The summed E-state index contributed by atoms with van der Waals surface area (Å²) in [6.45, 7) is 8.46. The Kier molecular flexibility index (Phi) is 4.31. The Morgan fingerprint density at radius 3 is 2.65 bits per heavy atom. The minimum Gasteiger partial charge on any atom is -0.299 e. The molecule has 0 N–H and O–H groups in total. The summed E-state index contributed by atoms with van der Waals surface area (Å²) < 4.78 is 13.4. The Bertz CT molecular complexity index is 504. The van der Waals surface area contributed by atoms with E-state index in [2.05, 4.69) is 20.8 Å². The molecule has 0 saturated heterocycles. The van der Waals surface area contributed by atoms with E-state index in [9.17, 15) is 9.18 Å². The molecule has 2 atom stereocenters. The summed E-state index contributed by atoms with van der Waals surface area (Å²) in [4.78, 5) is 12.3. The lowest BCUT2D eigenvalue weighted by atomic mass is 9.66. The lowest BCUT2D eigenvalue weighted by Gasteiger charge is -2.38. The van der Waals surface area contributed by atoms with E-state index in [-0.39, 0.29) is 17.2 Å². The fourth-order valence-corrected chi connectivity index (χ4v) is 3.47. The second-order valence-electron chi connectivity index (χ2n) is 7.14. The number of benzene rings is 1. The molecule has 1 saturated carbocycles. The maximum Gasteiger partial charge on any atom is 0.136 e. The van der Waals surface area contributed by atoms with E-state index in [1.54, 1.807) is 6.07 Å². The first-order chi connectivity index (χ1) is 9.29. The molecular formula is C18H25FO. The molecule has 20 heavy (non-hydrogen) atoms. The third kappa shape index (κ3) is 3.28. The van der Waals surface area contributed by atoms with Crippen LogP contribution < -0.4 is 0 Å². The van der Waals surface area contributed by atoms with Crippen molar-refractivity contribution < 1.29 is 9.18 Å². The molecule has 1 aromatic rings. The Hall–Kier alpha value is -1.18. The van der Waals surface area contributed by atoms with Gasteiger partial charge in [0.1, 0.15) is 11.6 Å². The van der Waals surface area contributed by atoms with Gasteiger partial charge in [0.25, 0.3) is 0 Å². The quantitative estimate of drug-likeness (QED) is 0.781. The minimum atomic E-state index is -0.190. The predicted molar refractivity (Wildman–Crippen MR) is 80.1 cm³/mol. The molecule has 1 fully saturated rings. The fourth-order valence-electron chi connectivity index (χ4n) is 3.47. The van der Waals surface area contributed by atoms with E-state index >= 15 is 0 Å². The van der Waals surface area contributed by atoms with Crippen molar-refractivity contribution >= 4 is 5.78 Å². The van der Waals surface area contributed by atoms with Crippen LogP contribution in [0.3, 0.4) is 0 Å². The SMILES string of the molecule is Cc1ccc(F)cc1CC(C)(C)C1CCC(C)CC1=O. The van der Waals surface area contributed by atoms with E-state index in [1.807, 2.05) is 13.0 Å². The number of halogens is 1. The van der Waals surface area contributed by atoms with Gasteiger partial charge in [0, 0.05) is 12.3 Å². The van der Waals surface area contributed by atoms with Crippen LogP contribution in [0.5, 0.6) is 0 Å². The third-order valence-corrected chi connectivity index (χ3v) is 4.79. The normalized spacial score (nSPS) is 23.9. The van der Waals surface area contributed by atoms with E-state index in [0.29, 0.717) is 18.1 Å². The smallest absolute Gasteiger partial charge is 0.136 e. The van der Waals surface area contributed by atoms with Gasteiger partial charge in [-0.2, -0.15) is 0 Å². The van der Waals surface area contributed by atoms with Crippen LogP contribution in [0.2, 0.25) is 0 Å². The van der Waals surface area contributed by atoms with Crippen molar-refractivity contribution in [1.29, 1.82) is 0 Å². The van der Waals surface area contributed by atoms with Crippen molar-refractivity contribution in [1.82, 2.24) is 0 Å². The first kappa shape index (κ1) is 15.2. The lowest BCUT2D eigenvalue weighted by molar-refractivity contribution is -0.129. The van der Waals surface area contributed by atoms with Crippen LogP contribution in [-0.4, -0.2) is 5.78 Å². The van der Waals surface area contributed by atoms with Gasteiger partial charge in [-0.05, 0) is 60.8 Å². The lowest BCUT2D eigenvalue weighted by Crippen LogP contribution is -2.37. The van der Waals surface area contributed by atoms with Gasteiger partial charge in [0.05, 0.1) is 0 Å². The number of aryl methyl sites for hydroxylation is 1. The molecule has 110 valence electrons. The highest BCUT2D eigenvalue weighted by atomic mass is 19.1. The van der Waals surface area contributed by atoms with Gasteiger partial charge in [-0.1, -0.05) is 26.8 Å². The molecule has 0 heterocycles. The van der Waals surface area contributed by atoms with Crippen LogP contribution in [0.1, 0.15) is 51.2 Å². The minimum absolute atomic E-state index is 0.101. The Morgan fingerprint density at radius 2 is 2.00 bits per heavy atom. The molecule has 1 aliphatic carbocycles. The number of carbonyl (C=O) groups is 1. The molecule has 1 aromatic carbocycles. The zero-order chi connectivity index (χ0) is 14.9. The second-order valence-corrected chi connectivity index (χ2v) is 7.14. The van der Waals surface area contributed by atoms with Gasteiger partial charge in [-0.15, -0.1) is 0 Å². The summed E-state index contributed by atoms with van der Waals surface area (Å²) in [5, 5.41) is 0. The van der Waals surface area contributed by atoms with Crippen molar-refractivity contribution in [3.05, 3.63) is 35.1 Å². The maximum atomic E-state index is 13.4. The highest BCUT2D eigenvalue weighted by molar-refractivity contribution is 5.82. The molecule has 1 nitrogen and oxygen atoms in total. The van der Waals surface area contributed by atoms with Gasteiger partial charge >= 0.3 is 0 Å². The van der Waals surface area contributed by atoms with Crippen LogP contribution in [0, 0.1) is 30.0 Å². The molecule has 0 aliphatic heterocycles. The van der Waals surface area contributed by atoms with Crippen LogP contribution in [0.15, 0.2) is 18.2 Å². The second kappa shape index (κ2) is 5.67. The Labute approximate surface area is 121 Å². The highest BCUT2D eigenvalue weighted by Crippen LogP contribution is 2.40. The number of ketones is 1. The first-order valence-electron chi connectivity index (χ1n) is 7.57. The number of carbonyl (C=O) groups excluding carboxylic acids is 1. The molecule has 0 bridgehead atoms. The third-order valence-electron chi connectivity index (χ3n) is 4.79. The molecule has 2 rings (SSSR count). The van der Waals surface area contributed by atoms with Crippen molar-refractivity contribution in [2.24, 2.45) is 17.3 Å². The number of Topliss-reactive ketones (excluding diaryl/α,β-unsaturated/α-hetero) is 1. The summed E-state index contributed by atoms with van der Waals surface area (Å²) in [6, 6.07) is 4.94. The standard InChI is InChI=1S/C18H25FO/c1-12-5-8-16(17(20)9-12)18(3,4)11-14-10-15(19)7-6-13(14)2/h6-7,10,12,16H,5,8-9,11H2,1-4H3. The average molecular weight is 276 g/mol. The zero-order valence-corrected chi connectivity index (χ0v) is 13.0. The van der Waals surface area contributed by atoms with E-state index in [4.69, 9.17) is 0 Å². The number of hydrogen-bond donors (Lipinski definition) is 0. The Balaban J connectivity index is 2.18. The summed E-state index contributed by atoms with van der Waals surface area (Å²) >= 11 is 0. The van der Waals surface area contributed by atoms with E-state index in [1.165, 1.54) is 6.07 Å². The first-order valence-corrected chi connectivity index (χ1v) is 7.57. The van der Waals surface area contributed by atoms with Crippen LogP contribution in [0.25, 0.3) is 0 Å². The summed E-state index contributed by atoms with van der Waals surface area (Å²) in [6.07, 6.45) is 3.57. The van der Waals surface area contributed by atoms with Crippen molar-refractivity contribution in [3.8, 4) is 0 Å². The van der Waals surface area contributed by atoms with Gasteiger partial charge in [0.2, 0.25) is 0 Å². The largest absolute Gasteiger partial charge is 0.299 e. The summed E-state index contributed by atoms with van der Waals surface area (Å²) in [5.41, 5.74) is 2.04. The molecule has 2 heteroatoms. The van der Waals surface area contributed by atoms with Crippen LogP contribution in [0.4, 0.5) is 4.39 Å². The molecular weight excluding hydrogens is 251 g/mol. The monoisotopic (exact) mass is 276 g/mol. The van der Waals surface area contributed by atoms with Gasteiger partial charge < -0.3 is 0 Å². The average Bonchev–Trinajstić information content (AvgIpc) is 2.33. The predicted octanol–water partition coefficient (Wildman–Crippen LogP) is 4.71.